The Labute approximate surface area is 202 Å². The summed E-state index contributed by atoms with van der Waals surface area (Å²) in [6, 6.07) is 19.2. The molecule has 1 heterocycles. The summed E-state index contributed by atoms with van der Waals surface area (Å²) in [7, 11) is 1.90. The van der Waals surface area contributed by atoms with E-state index in [0.717, 1.165) is 46.6 Å². The molecule has 0 aliphatic heterocycles. The fourth-order valence-corrected chi connectivity index (χ4v) is 4.92. The van der Waals surface area contributed by atoms with Gasteiger partial charge in [-0.05, 0) is 36.7 Å². The maximum atomic E-state index is 12.3. The molecule has 0 unspecified atom stereocenters. The fourth-order valence-electron chi connectivity index (χ4n) is 4.16. The van der Waals surface area contributed by atoms with Crippen molar-refractivity contribution < 1.29 is 19.0 Å². The molecule has 0 bridgehead atoms. The lowest BCUT2D eigenvalue weighted by molar-refractivity contribution is -0.142. The first-order valence-electron chi connectivity index (χ1n) is 11.8. The van der Waals surface area contributed by atoms with Crippen LogP contribution < -0.4 is 4.74 Å². The van der Waals surface area contributed by atoms with Gasteiger partial charge in [-0.15, -0.1) is 0 Å². The highest BCUT2D eigenvalue weighted by Gasteiger charge is 2.48. The number of methoxy groups -OCH3 is 2. The SMILES string of the molecule is COC(=O)[C@H]1C[C@@H]1c1nc(-c2ccccc2)n(COCC[Si](C)(C)C)c1-c1ccc(OC)cc1. The second-order valence-electron chi connectivity index (χ2n) is 10.0. The Morgan fingerprint density at radius 2 is 1.74 bits per heavy atom. The van der Waals surface area contributed by atoms with Crippen LogP contribution in [0.15, 0.2) is 54.6 Å². The van der Waals surface area contributed by atoms with Crippen molar-refractivity contribution in [3.63, 3.8) is 0 Å². The molecule has 180 valence electrons. The number of imidazole rings is 1. The van der Waals surface area contributed by atoms with E-state index in [1.807, 2.05) is 42.5 Å². The number of carbonyl (C=O) groups is 1. The van der Waals surface area contributed by atoms with E-state index in [2.05, 4.69) is 36.3 Å². The number of benzene rings is 2. The number of hydrogen-bond acceptors (Lipinski definition) is 5. The molecular weight excluding hydrogens is 444 g/mol. The standard InChI is InChI=1S/C27H34N2O4Si/c1-31-21-13-11-19(12-14-21)25-24(22-17-23(22)27(30)32-2)28-26(20-9-7-6-8-10-20)29(25)18-33-15-16-34(3,4)5/h6-14,22-23H,15-18H2,1-5H3/t22-,23-/m0/s1. The van der Waals surface area contributed by atoms with Crippen LogP contribution in [0.2, 0.25) is 25.7 Å². The van der Waals surface area contributed by atoms with Gasteiger partial charge in [0.25, 0.3) is 0 Å². The van der Waals surface area contributed by atoms with Gasteiger partial charge in [0.05, 0.1) is 31.5 Å². The van der Waals surface area contributed by atoms with Gasteiger partial charge in [0.1, 0.15) is 18.3 Å². The molecule has 3 aromatic rings. The number of hydrogen-bond donors (Lipinski definition) is 0. The number of rotatable bonds is 10. The van der Waals surface area contributed by atoms with E-state index < -0.39 is 8.07 Å². The Morgan fingerprint density at radius 3 is 2.35 bits per heavy atom. The molecule has 1 fully saturated rings. The summed E-state index contributed by atoms with van der Waals surface area (Å²) in [6.45, 7) is 8.17. The number of carbonyl (C=O) groups excluding carboxylic acids is 1. The van der Waals surface area contributed by atoms with Gasteiger partial charge in [-0.1, -0.05) is 50.0 Å². The van der Waals surface area contributed by atoms with E-state index in [4.69, 9.17) is 19.2 Å². The Kier molecular flexibility index (Phi) is 7.24. The van der Waals surface area contributed by atoms with Gasteiger partial charge in [-0.2, -0.15) is 0 Å². The summed E-state index contributed by atoms with van der Waals surface area (Å²) in [5, 5.41) is 0. The number of nitrogens with zero attached hydrogens (tertiary/aromatic N) is 2. The molecule has 4 rings (SSSR count). The third-order valence-electron chi connectivity index (χ3n) is 6.25. The van der Waals surface area contributed by atoms with E-state index in [1.165, 1.54) is 7.11 Å². The maximum Gasteiger partial charge on any atom is 0.309 e. The van der Waals surface area contributed by atoms with Crippen molar-refractivity contribution in [2.45, 2.75) is 44.8 Å². The first-order valence-corrected chi connectivity index (χ1v) is 15.5. The van der Waals surface area contributed by atoms with E-state index >= 15 is 0 Å². The van der Waals surface area contributed by atoms with Gasteiger partial charge in [-0.25, -0.2) is 4.98 Å². The highest BCUT2D eigenvalue weighted by atomic mass is 28.3. The van der Waals surface area contributed by atoms with Gasteiger partial charge in [0.15, 0.2) is 0 Å². The van der Waals surface area contributed by atoms with E-state index in [1.54, 1.807) is 7.11 Å². The van der Waals surface area contributed by atoms with Crippen molar-refractivity contribution in [2.24, 2.45) is 5.92 Å². The highest BCUT2D eigenvalue weighted by molar-refractivity contribution is 6.76. The van der Waals surface area contributed by atoms with Crippen molar-refractivity contribution in [3.05, 3.63) is 60.3 Å². The van der Waals surface area contributed by atoms with Gasteiger partial charge in [0, 0.05) is 31.7 Å². The van der Waals surface area contributed by atoms with Crippen LogP contribution in [0.25, 0.3) is 22.6 Å². The maximum absolute atomic E-state index is 12.3. The molecule has 1 aliphatic rings. The summed E-state index contributed by atoms with van der Waals surface area (Å²) < 4.78 is 18.8. The Balaban J connectivity index is 1.78. The molecular formula is C27H34N2O4Si. The van der Waals surface area contributed by atoms with Crippen LogP contribution in [0.1, 0.15) is 18.0 Å². The summed E-state index contributed by atoms with van der Waals surface area (Å²) >= 11 is 0. The first kappa shape index (κ1) is 24.2. The molecule has 2 aromatic carbocycles. The molecule has 0 spiro atoms. The van der Waals surface area contributed by atoms with E-state index in [9.17, 15) is 4.79 Å². The molecule has 1 aromatic heterocycles. The van der Waals surface area contributed by atoms with Gasteiger partial charge >= 0.3 is 5.97 Å². The monoisotopic (exact) mass is 478 g/mol. The summed E-state index contributed by atoms with van der Waals surface area (Å²) in [5.74, 6) is 1.36. The van der Waals surface area contributed by atoms with Crippen molar-refractivity contribution in [1.29, 1.82) is 0 Å². The Bertz CT molecular complexity index is 1120. The second-order valence-corrected chi connectivity index (χ2v) is 15.6. The summed E-state index contributed by atoms with van der Waals surface area (Å²) in [5.41, 5.74) is 3.96. The number of ether oxygens (including phenoxy) is 3. The molecule has 34 heavy (non-hydrogen) atoms. The molecule has 1 saturated carbocycles. The largest absolute Gasteiger partial charge is 0.497 e. The fraction of sp³-hybridized carbons (Fsp3) is 0.407. The van der Waals surface area contributed by atoms with E-state index in [0.29, 0.717) is 13.3 Å². The quantitative estimate of drug-likeness (QED) is 0.209. The lowest BCUT2D eigenvalue weighted by atomic mass is 10.1. The smallest absolute Gasteiger partial charge is 0.309 e. The topological polar surface area (TPSA) is 62.6 Å². The lowest BCUT2D eigenvalue weighted by Gasteiger charge is -2.18. The average Bonchev–Trinajstić information content (AvgIpc) is 3.55. The van der Waals surface area contributed by atoms with Crippen LogP contribution in [0.5, 0.6) is 5.75 Å². The van der Waals surface area contributed by atoms with Gasteiger partial charge in [0.2, 0.25) is 0 Å². The number of aromatic nitrogens is 2. The summed E-state index contributed by atoms with van der Waals surface area (Å²) in [4.78, 5) is 17.4. The molecule has 6 nitrogen and oxygen atoms in total. The third-order valence-corrected chi connectivity index (χ3v) is 7.96. The minimum absolute atomic E-state index is 0.0373. The van der Waals surface area contributed by atoms with Crippen LogP contribution in [0.4, 0.5) is 0 Å². The molecule has 7 heteroatoms. The predicted molar refractivity (Wildman–Crippen MR) is 137 cm³/mol. The summed E-state index contributed by atoms with van der Waals surface area (Å²) in [6.07, 6.45) is 0.748. The minimum Gasteiger partial charge on any atom is -0.497 e. The molecule has 0 saturated heterocycles. The van der Waals surface area contributed by atoms with Crippen LogP contribution in [-0.4, -0.2) is 44.4 Å². The predicted octanol–water partition coefficient (Wildman–Crippen LogP) is 5.81. The van der Waals surface area contributed by atoms with Crippen LogP contribution in [0.3, 0.4) is 0 Å². The van der Waals surface area contributed by atoms with Crippen LogP contribution in [0, 0.1) is 5.92 Å². The van der Waals surface area contributed by atoms with Crippen molar-refractivity contribution in [1.82, 2.24) is 9.55 Å². The van der Waals surface area contributed by atoms with Crippen LogP contribution >= 0.6 is 0 Å². The van der Waals surface area contributed by atoms with Gasteiger partial charge < -0.3 is 14.2 Å². The molecule has 0 radical (unpaired) electrons. The normalized spacial score (nSPS) is 17.4. The van der Waals surface area contributed by atoms with Crippen molar-refractivity contribution in [2.75, 3.05) is 20.8 Å². The Morgan fingerprint density at radius 1 is 1.03 bits per heavy atom. The molecule has 1 aliphatic carbocycles. The van der Waals surface area contributed by atoms with Gasteiger partial charge in [-0.3, -0.25) is 9.36 Å². The zero-order chi connectivity index (χ0) is 24.3. The van der Waals surface area contributed by atoms with Crippen LogP contribution in [-0.2, 0) is 21.0 Å². The second kappa shape index (κ2) is 10.2. The number of esters is 1. The highest BCUT2D eigenvalue weighted by Crippen LogP contribution is 2.51. The van der Waals surface area contributed by atoms with Crippen molar-refractivity contribution >= 4 is 14.0 Å². The van der Waals surface area contributed by atoms with Crippen molar-refractivity contribution in [3.8, 4) is 28.4 Å². The first-order chi connectivity index (χ1) is 16.3. The molecule has 0 N–H and O–H groups in total. The zero-order valence-corrected chi connectivity index (χ0v) is 21.7. The average molecular weight is 479 g/mol. The van der Waals surface area contributed by atoms with E-state index in [-0.39, 0.29) is 17.8 Å². The zero-order valence-electron chi connectivity index (χ0n) is 20.7. The Hall–Kier alpha value is -2.90. The molecule has 2 atom stereocenters. The molecule has 0 amide bonds. The third kappa shape index (κ3) is 5.42. The minimum atomic E-state index is -1.20. The lowest BCUT2D eigenvalue weighted by Crippen LogP contribution is -2.22.